The number of nitrogens with zero attached hydrogens (tertiary/aromatic N) is 1. The van der Waals surface area contributed by atoms with Gasteiger partial charge < -0.3 is 29.4 Å². The molecule has 2 fully saturated rings. The third kappa shape index (κ3) is 4.51. The van der Waals surface area contributed by atoms with Crippen molar-refractivity contribution < 1.29 is 28.7 Å². The van der Waals surface area contributed by atoms with Crippen LogP contribution in [-0.2, 0) is 20.6 Å². The molecule has 2 saturated heterocycles. The number of rotatable bonds is 6. The van der Waals surface area contributed by atoms with Gasteiger partial charge in [0.15, 0.2) is 0 Å². The van der Waals surface area contributed by atoms with E-state index < -0.39 is 24.4 Å². The van der Waals surface area contributed by atoms with E-state index >= 15 is 0 Å². The summed E-state index contributed by atoms with van der Waals surface area (Å²) in [5.74, 6) is 0.531. The highest BCUT2D eigenvalue weighted by Gasteiger charge is 2.51. The molecule has 1 aromatic carbocycles. The predicted octanol–water partition coefficient (Wildman–Crippen LogP) is 1.75. The van der Waals surface area contributed by atoms with Gasteiger partial charge in [-0.1, -0.05) is 12.1 Å². The van der Waals surface area contributed by atoms with Crippen molar-refractivity contribution in [2.24, 2.45) is 0 Å². The highest BCUT2D eigenvalue weighted by atomic mass is 16.7. The van der Waals surface area contributed by atoms with Gasteiger partial charge in [0.05, 0.1) is 24.9 Å². The highest BCUT2D eigenvalue weighted by molar-refractivity contribution is 6.62. The highest BCUT2D eigenvalue weighted by Crippen LogP contribution is 2.36. The third-order valence-electron chi connectivity index (χ3n) is 5.99. The summed E-state index contributed by atoms with van der Waals surface area (Å²) in [6.07, 6.45) is 0.0356. The van der Waals surface area contributed by atoms with Gasteiger partial charge >= 0.3 is 13.2 Å². The number of ether oxygens (including phenoxy) is 1. The number of benzene rings is 1. The minimum atomic E-state index is -1.04. The molecule has 0 aliphatic carbocycles. The molecule has 0 aromatic heterocycles. The molecule has 1 atom stereocenters. The zero-order valence-corrected chi connectivity index (χ0v) is 17.7. The van der Waals surface area contributed by atoms with E-state index in [1.54, 1.807) is 7.11 Å². The van der Waals surface area contributed by atoms with Gasteiger partial charge in [-0.3, -0.25) is 4.79 Å². The molecule has 0 bridgehead atoms. The minimum Gasteiger partial charge on any atom is -0.496 e. The van der Waals surface area contributed by atoms with Crippen molar-refractivity contribution >= 4 is 24.6 Å². The van der Waals surface area contributed by atoms with Gasteiger partial charge in [-0.15, -0.1) is 0 Å². The van der Waals surface area contributed by atoms with Crippen LogP contribution in [0.4, 0.5) is 4.79 Å². The molecule has 2 heterocycles. The van der Waals surface area contributed by atoms with Crippen molar-refractivity contribution in [3.8, 4) is 5.75 Å². The summed E-state index contributed by atoms with van der Waals surface area (Å²) in [7, 11) is 1.03. The Labute approximate surface area is 171 Å². The van der Waals surface area contributed by atoms with Gasteiger partial charge in [-0.25, -0.2) is 4.79 Å². The molecule has 29 heavy (non-hydrogen) atoms. The predicted molar refractivity (Wildman–Crippen MR) is 108 cm³/mol. The SMILES string of the molecule is COc1cc(B2OC(C)(C)C(C)(C)O2)ccc1CN(CC1CCC(=O)N1)C(=O)O. The van der Waals surface area contributed by atoms with Crippen LogP contribution in [0.3, 0.4) is 0 Å². The van der Waals surface area contributed by atoms with Crippen LogP contribution in [0.2, 0.25) is 0 Å². The Hall–Kier alpha value is -2.26. The number of nitrogens with one attached hydrogen (secondary N) is 1. The number of methoxy groups -OCH3 is 1. The Kier molecular flexibility index (Phi) is 5.82. The molecule has 1 aromatic rings. The maximum Gasteiger partial charge on any atom is 0.494 e. The lowest BCUT2D eigenvalue weighted by molar-refractivity contribution is -0.119. The Morgan fingerprint density at radius 3 is 2.48 bits per heavy atom. The number of carbonyl (C=O) groups is 2. The zero-order chi connectivity index (χ0) is 21.4. The van der Waals surface area contributed by atoms with Gasteiger partial charge in [0.2, 0.25) is 5.91 Å². The number of carboxylic acid groups (broad SMARTS) is 1. The van der Waals surface area contributed by atoms with Crippen molar-refractivity contribution in [3.05, 3.63) is 23.8 Å². The molecule has 0 spiro atoms. The summed E-state index contributed by atoms with van der Waals surface area (Å²) in [5, 5.41) is 12.4. The van der Waals surface area contributed by atoms with Gasteiger partial charge in [0.1, 0.15) is 5.75 Å². The zero-order valence-electron chi connectivity index (χ0n) is 17.7. The molecule has 158 valence electrons. The molecular formula is C20H29BN2O6. The summed E-state index contributed by atoms with van der Waals surface area (Å²) in [5.41, 5.74) is 0.652. The number of hydrogen-bond donors (Lipinski definition) is 2. The molecule has 0 saturated carbocycles. The van der Waals surface area contributed by atoms with Crippen molar-refractivity contribution in [1.29, 1.82) is 0 Å². The van der Waals surface area contributed by atoms with E-state index in [4.69, 9.17) is 14.0 Å². The maximum absolute atomic E-state index is 11.7. The topological polar surface area (TPSA) is 97.3 Å². The summed E-state index contributed by atoms with van der Waals surface area (Å²) in [6.45, 7) is 8.37. The lowest BCUT2D eigenvalue weighted by Gasteiger charge is -2.32. The van der Waals surface area contributed by atoms with Crippen LogP contribution in [0.1, 0.15) is 46.1 Å². The fourth-order valence-electron chi connectivity index (χ4n) is 3.51. The molecule has 2 amide bonds. The van der Waals surface area contributed by atoms with Crippen molar-refractivity contribution in [2.75, 3.05) is 13.7 Å². The monoisotopic (exact) mass is 404 g/mol. The van der Waals surface area contributed by atoms with E-state index in [2.05, 4.69) is 5.32 Å². The summed E-state index contributed by atoms with van der Waals surface area (Å²) < 4.78 is 17.7. The molecule has 8 nitrogen and oxygen atoms in total. The molecule has 9 heteroatoms. The first-order valence-electron chi connectivity index (χ1n) is 9.82. The quantitative estimate of drug-likeness (QED) is 0.702. The maximum atomic E-state index is 11.7. The average Bonchev–Trinajstić information content (AvgIpc) is 3.13. The van der Waals surface area contributed by atoms with Crippen LogP contribution in [-0.4, -0.2) is 60.0 Å². The first-order valence-corrected chi connectivity index (χ1v) is 9.82. The number of hydrogen-bond acceptors (Lipinski definition) is 5. The van der Waals surface area contributed by atoms with Gasteiger partial charge in [0, 0.05) is 24.6 Å². The molecule has 1 unspecified atom stereocenters. The molecule has 2 aliphatic rings. The lowest BCUT2D eigenvalue weighted by Crippen LogP contribution is -2.41. The summed E-state index contributed by atoms with van der Waals surface area (Å²) >= 11 is 0. The summed E-state index contributed by atoms with van der Waals surface area (Å²) in [6, 6.07) is 5.38. The Morgan fingerprint density at radius 2 is 1.97 bits per heavy atom. The van der Waals surface area contributed by atoms with E-state index in [-0.39, 0.29) is 25.0 Å². The second-order valence-corrected chi connectivity index (χ2v) is 8.63. The van der Waals surface area contributed by atoms with Crippen LogP contribution < -0.4 is 15.5 Å². The van der Waals surface area contributed by atoms with Crippen molar-refractivity contribution in [3.63, 3.8) is 0 Å². The second-order valence-electron chi connectivity index (χ2n) is 8.63. The van der Waals surface area contributed by atoms with Crippen LogP contribution in [0.5, 0.6) is 5.75 Å². The van der Waals surface area contributed by atoms with E-state index in [9.17, 15) is 14.7 Å². The van der Waals surface area contributed by atoms with E-state index in [1.807, 2.05) is 45.9 Å². The Balaban J connectivity index is 1.76. The average molecular weight is 404 g/mol. The second kappa shape index (κ2) is 7.87. The van der Waals surface area contributed by atoms with Crippen LogP contribution in [0, 0.1) is 0 Å². The fourth-order valence-corrected chi connectivity index (χ4v) is 3.51. The Morgan fingerprint density at radius 1 is 1.31 bits per heavy atom. The van der Waals surface area contributed by atoms with Crippen molar-refractivity contribution in [2.45, 2.75) is 64.3 Å². The van der Waals surface area contributed by atoms with Gasteiger partial charge in [-0.05, 0) is 45.6 Å². The lowest BCUT2D eigenvalue weighted by atomic mass is 9.78. The van der Waals surface area contributed by atoms with Crippen LogP contribution >= 0.6 is 0 Å². The largest absolute Gasteiger partial charge is 0.496 e. The third-order valence-corrected chi connectivity index (χ3v) is 5.99. The number of carbonyl (C=O) groups excluding carboxylic acids is 1. The van der Waals surface area contributed by atoms with E-state index in [1.165, 1.54) is 4.90 Å². The Bertz CT molecular complexity index is 781. The van der Waals surface area contributed by atoms with Gasteiger partial charge in [-0.2, -0.15) is 0 Å². The number of amides is 2. The molecular weight excluding hydrogens is 375 g/mol. The minimum absolute atomic E-state index is 0.0373. The van der Waals surface area contributed by atoms with Gasteiger partial charge in [0.25, 0.3) is 0 Å². The molecule has 3 rings (SSSR count). The standard InChI is InChI=1S/C20H29BN2O6/c1-19(2)20(3,4)29-21(28-19)14-7-6-13(16(10-14)27-5)11-23(18(25)26)12-15-8-9-17(24)22-15/h6-7,10,15H,8-9,11-12H2,1-5H3,(H,22,24)(H,25,26). The van der Waals surface area contributed by atoms with E-state index in [0.717, 1.165) is 11.0 Å². The smallest absolute Gasteiger partial charge is 0.494 e. The molecule has 2 aliphatic heterocycles. The van der Waals surface area contributed by atoms with E-state index in [0.29, 0.717) is 18.6 Å². The summed E-state index contributed by atoms with van der Waals surface area (Å²) in [4.78, 5) is 24.4. The van der Waals surface area contributed by atoms with Crippen molar-refractivity contribution in [1.82, 2.24) is 10.2 Å². The molecule has 0 radical (unpaired) electrons. The van der Waals surface area contributed by atoms with Crippen LogP contribution in [0.15, 0.2) is 18.2 Å². The fraction of sp³-hybridized carbons (Fsp3) is 0.600. The normalized spacial score (nSPS) is 22.4. The van der Waals surface area contributed by atoms with Crippen LogP contribution in [0.25, 0.3) is 0 Å². The molecule has 2 N–H and O–H groups in total. The first kappa shape index (κ1) is 21.5. The first-order chi connectivity index (χ1) is 13.5.